The molecule has 31 heavy (non-hydrogen) atoms. The van der Waals surface area contributed by atoms with Crippen molar-refractivity contribution in [3.8, 4) is 5.75 Å². The summed E-state index contributed by atoms with van der Waals surface area (Å²) >= 11 is 0. The Bertz CT molecular complexity index is 991. The molecule has 0 spiro atoms. The number of aromatic nitrogens is 2. The van der Waals surface area contributed by atoms with Crippen LogP contribution in [0.15, 0.2) is 48.5 Å². The lowest BCUT2D eigenvalue weighted by Crippen LogP contribution is -2.38. The Balaban J connectivity index is 1.45. The van der Waals surface area contributed by atoms with Crippen molar-refractivity contribution >= 4 is 16.7 Å². The van der Waals surface area contributed by atoms with E-state index in [1.807, 2.05) is 36.4 Å². The highest BCUT2D eigenvalue weighted by molar-refractivity contribution is 5.88. The highest BCUT2D eigenvalue weighted by atomic mass is 16.6. The Morgan fingerprint density at radius 1 is 1.10 bits per heavy atom. The van der Waals surface area contributed by atoms with Crippen molar-refractivity contribution in [3.05, 3.63) is 59.9 Å². The zero-order valence-electron chi connectivity index (χ0n) is 18.2. The van der Waals surface area contributed by atoms with Crippen molar-refractivity contribution < 1.29 is 14.2 Å². The molecule has 1 unspecified atom stereocenters. The standard InChI is InChI=1S/C24H30N4O3/c1-28(15-19-17-30-13-14-31-19)16-23-26-21-9-5-4-8-20(21)24(27-23)25-12-11-18-7-3-6-10-22(18)29-2/h3-10,19H,11-17H2,1-2H3,(H,25,26,27). The fraction of sp³-hybridized carbons (Fsp3) is 0.417. The Hall–Kier alpha value is -2.74. The fourth-order valence-electron chi connectivity index (χ4n) is 3.85. The normalized spacial score (nSPS) is 16.5. The minimum absolute atomic E-state index is 0.0951. The summed E-state index contributed by atoms with van der Waals surface area (Å²) < 4.78 is 16.7. The van der Waals surface area contributed by atoms with Crippen molar-refractivity contribution in [2.75, 3.05) is 52.4 Å². The van der Waals surface area contributed by atoms with E-state index in [0.29, 0.717) is 26.4 Å². The second kappa shape index (κ2) is 10.5. The Labute approximate surface area is 183 Å². The Morgan fingerprint density at radius 3 is 2.77 bits per heavy atom. The molecule has 1 atom stereocenters. The van der Waals surface area contributed by atoms with E-state index < -0.39 is 0 Å². The molecule has 7 nitrogen and oxygen atoms in total. The second-order valence-electron chi connectivity index (χ2n) is 7.76. The van der Waals surface area contributed by atoms with E-state index in [4.69, 9.17) is 24.2 Å². The summed E-state index contributed by atoms with van der Waals surface area (Å²) in [7, 11) is 3.77. The predicted molar refractivity (Wildman–Crippen MR) is 122 cm³/mol. The van der Waals surface area contributed by atoms with E-state index >= 15 is 0 Å². The molecule has 7 heteroatoms. The lowest BCUT2D eigenvalue weighted by molar-refractivity contribution is -0.0964. The molecule has 1 fully saturated rings. The van der Waals surface area contributed by atoms with Crippen molar-refractivity contribution in [1.29, 1.82) is 0 Å². The summed E-state index contributed by atoms with van der Waals surface area (Å²) in [5.41, 5.74) is 2.11. The second-order valence-corrected chi connectivity index (χ2v) is 7.76. The SMILES string of the molecule is COc1ccccc1CCNc1nc(CN(C)CC2COCCO2)nc2ccccc12. The van der Waals surface area contributed by atoms with Gasteiger partial charge in [0.25, 0.3) is 0 Å². The van der Waals surface area contributed by atoms with Gasteiger partial charge in [-0.1, -0.05) is 30.3 Å². The minimum Gasteiger partial charge on any atom is -0.496 e. The number of ether oxygens (including phenoxy) is 3. The smallest absolute Gasteiger partial charge is 0.145 e. The minimum atomic E-state index is 0.0951. The molecule has 164 valence electrons. The molecule has 4 rings (SSSR count). The molecule has 0 radical (unpaired) electrons. The Morgan fingerprint density at radius 2 is 1.94 bits per heavy atom. The molecule has 2 heterocycles. The first-order valence-electron chi connectivity index (χ1n) is 10.7. The number of nitrogens with one attached hydrogen (secondary N) is 1. The first-order chi connectivity index (χ1) is 15.2. The maximum Gasteiger partial charge on any atom is 0.145 e. The number of hydrogen-bond donors (Lipinski definition) is 1. The van der Waals surface area contributed by atoms with Crippen LogP contribution >= 0.6 is 0 Å². The van der Waals surface area contributed by atoms with Gasteiger partial charge in [0.05, 0.1) is 45.1 Å². The first kappa shape index (κ1) is 21.5. The van der Waals surface area contributed by atoms with Gasteiger partial charge in [-0.15, -0.1) is 0 Å². The number of rotatable bonds is 9. The number of fused-ring (bicyclic) bond motifs is 1. The zero-order chi connectivity index (χ0) is 21.5. The summed E-state index contributed by atoms with van der Waals surface area (Å²) in [6, 6.07) is 16.2. The molecule has 1 N–H and O–H groups in total. The molecular formula is C24H30N4O3. The van der Waals surface area contributed by atoms with Gasteiger partial charge in [-0.25, -0.2) is 9.97 Å². The van der Waals surface area contributed by atoms with Crippen LogP contribution in [0.5, 0.6) is 5.75 Å². The van der Waals surface area contributed by atoms with Crippen LogP contribution in [0.25, 0.3) is 10.9 Å². The molecule has 0 bridgehead atoms. The molecule has 2 aromatic carbocycles. The third kappa shape index (κ3) is 5.70. The van der Waals surface area contributed by atoms with Gasteiger partial charge in [0.2, 0.25) is 0 Å². The van der Waals surface area contributed by atoms with E-state index in [1.165, 1.54) is 5.56 Å². The summed E-state index contributed by atoms with van der Waals surface area (Å²) in [5, 5.41) is 4.54. The highest BCUT2D eigenvalue weighted by Gasteiger charge is 2.17. The molecular weight excluding hydrogens is 392 g/mol. The Kier molecular flexibility index (Phi) is 7.30. The molecule has 1 aliphatic rings. The van der Waals surface area contributed by atoms with Gasteiger partial charge in [-0.2, -0.15) is 0 Å². The van der Waals surface area contributed by atoms with Crippen LogP contribution in [0.1, 0.15) is 11.4 Å². The number of anilines is 1. The molecule has 1 aliphatic heterocycles. The number of hydrogen-bond acceptors (Lipinski definition) is 7. The quantitative estimate of drug-likeness (QED) is 0.568. The maximum atomic E-state index is 5.76. The van der Waals surface area contributed by atoms with Crippen molar-refractivity contribution in [2.45, 2.75) is 19.1 Å². The van der Waals surface area contributed by atoms with Crippen LogP contribution in [-0.4, -0.2) is 68.0 Å². The van der Waals surface area contributed by atoms with Gasteiger partial charge in [0, 0.05) is 18.5 Å². The van der Waals surface area contributed by atoms with Crippen LogP contribution in [-0.2, 0) is 22.4 Å². The van der Waals surface area contributed by atoms with Crippen LogP contribution < -0.4 is 10.1 Å². The van der Waals surface area contributed by atoms with E-state index in [-0.39, 0.29) is 6.10 Å². The number of benzene rings is 2. The predicted octanol–water partition coefficient (Wildman–Crippen LogP) is 3.14. The molecule has 3 aromatic rings. The average Bonchev–Trinajstić information content (AvgIpc) is 2.80. The average molecular weight is 423 g/mol. The van der Waals surface area contributed by atoms with Crippen LogP contribution in [0.3, 0.4) is 0 Å². The largest absolute Gasteiger partial charge is 0.496 e. The van der Waals surface area contributed by atoms with E-state index in [1.54, 1.807) is 7.11 Å². The number of nitrogens with zero attached hydrogens (tertiary/aromatic N) is 3. The third-order valence-corrected chi connectivity index (χ3v) is 5.34. The van der Waals surface area contributed by atoms with E-state index in [9.17, 15) is 0 Å². The lowest BCUT2D eigenvalue weighted by Gasteiger charge is -2.27. The fourth-order valence-corrected chi connectivity index (χ4v) is 3.85. The molecule has 0 aliphatic carbocycles. The van der Waals surface area contributed by atoms with Crippen LogP contribution in [0.2, 0.25) is 0 Å². The van der Waals surface area contributed by atoms with Gasteiger partial charge in [-0.3, -0.25) is 4.90 Å². The monoisotopic (exact) mass is 422 g/mol. The first-order valence-corrected chi connectivity index (χ1v) is 10.7. The topological polar surface area (TPSA) is 68.7 Å². The number of para-hydroxylation sites is 2. The molecule has 0 amide bonds. The van der Waals surface area contributed by atoms with Gasteiger partial charge in [-0.05, 0) is 37.2 Å². The zero-order valence-corrected chi connectivity index (χ0v) is 18.2. The summed E-state index contributed by atoms with van der Waals surface area (Å²) in [6.07, 6.45) is 0.939. The number of methoxy groups -OCH3 is 1. The van der Waals surface area contributed by atoms with Crippen molar-refractivity contribution in [3.63, 3.8) is 0 Å². The maximum absolute atomic E-state index is 5.76. The van der Waals surface area contributed by atoms with E-state index in [0.717, 1.165) is 47.8 Å². The van der Waals surface area contributed by atoms with Crippen molar-refractivity contribution in [1.82, 2.24) is 14.9 Å². The van der Waals surface area contributed by atoms with Crippen LogP contribution in [0, 0.1) is 0 Å². The molecule has 1 saturated heterocycles. The van der Waals surface area contributed by atoms with Gasteiger partial charge in [0.15, 0.2) is 0 Å². The van der Waals surface area contributed by atoms with Gasteiger partial charge < -0.3 is 19.5 Å². The van der Waals surface area contributed by atoms with Gasteiger partial charge in [0.1, 0.15) is 17.4 Å². The van der Waals surface area contributed by atoms with Crippen molar-refractivity contribution in [2.24, 2.45) is 0 Å². The van der Waals surface area contributed by atoms with Crippen LogP contribution in [0.4, 0.5) is 5.82 Å². The summed E-state index contributed by atoms with van der Waals surface area (Å²) in [4.78, 5) is 11.8. The van der Waals surface area contributed by atoms with E-state index in [2.05, 4.69) is 29.4 Å². The van der Waals surface area contributed by atoms with Gasteiger partial charge >= 0.3 is 0 Å². The number of likely N-dealkylation sites (N-methyl/N-ethyl adjacent to an activating group) is 1. The lowest BCUT2D eigenvalue weighted by atomic mass is 10.1. The highest BCUT2D eigenvalue weighted by Crippen LogP contribution is 2.22. The third-order valence-electron chi connectivity index (χ3n) is 5.34. The molecule has 0 saturated carbocycles. The summed E-state index contributed by atoms with van der Waals surface area (Å²) in [6.45, 7) is 4.16. The molecule has 1 aromatic heterocycles. The summed E-state index contributed by atoms with van der Waals surface area (Å²) in [5.74, 6) is 2.56.